The lowest BCUT2D eigenvalue weighted by molar-refractivity contribution is -0.146. The van der Waals surface area contributed by atoms with Crippen LogP contribution in [0.3, 0.4) is 0 Å². The van der Waals surface area contributed by atoms with Crippen molar-refractivity contribution in [2.45, 2.75) is 64.0 Å². The molecule has 0 amide bonds. The molecular formula is C20H24F8N10O4S2-2. The molecule has 4 heterocycles. The Morgan fingerprint density at radius 3 is 1.11 bits per heavy atom. The van der Waals surface area contributed by atoms with Crippen molar-refractivity contribution in [1.29, 1.82) is 0 Å². The normalized spacial score (nSPS) is 14.5. The van der Waals surface area contributed by atoms with Gasteiger partial charge in [-0.2, -0.15) is 62.2 Å². The molecule has 0 unspecified atom stereocenters. The fraction of sp³-hybridized carbons (Fsp3) is 0.600. The number of hydrogen-bond donors (Lipinski definition) is 2. The van der Waals surface area contributed by atoms with Gasteiger partial charge in [0.1, 0.15) is 11.1 Å². The lowest BCUT2D eigenvalue weighted by Crippen LogP contribution is -2.31. The third-order valence-electron chi connectivity index (χ3n) is 4.84. The lowest BCUT2D eigenvalue weighted by Gasteiger charge is -2.25. The molecule has 2 aromatic heterocycles. The maximum Gasteiger partial charge on any atom is 0.421 e. The number of halogens is 8. The maximum atomic E-state index is 11.7. The second-order valence-electron chi connectivity index (χ2n) is 8.93. The van der Waals surface area contributed by atoms with Crippen LogP contribution in [0.25, 0.3) is 0 Å². The van der Waals surface area contributed by atoms with E-state index in [1.54, 1.807) is 0 Å². The van der Waals surface area contributed by atoms with Crippen molar-refractivity contribution in [2.24, 2.45) is 10.2 Å². The van der Waals surface area contributed by atoms with Gasteiger partial charge in [0.15, 0.2) is 12.2 Å². The average molecular weight is 685 g/mol. The van der Waals surface area contributed by atoms with Gasteiger partial charge in [-0.25, -0.2) is 0 Å². The third-order valence-corrected chi connectivity index (χ3v) is 4.84. The van der Waals surface area contributed by atoms with Crippen molar-refractivity contribution in [3.05, 3.63) is 47.4 Å². The molecule has 2 N–H and O–H groups in total. The number of alkyl halides is 6. The molecule has 44 heavy (non-hydrogen) atoms. The van der Waals surface area contributed by atoms with Gasteiger partial charge < -0.3 is 41.0 Å². The topological polar surface area (TPSA) is 197 Å². The van der Waals surface area contributed by atoms with Gasteiger partial charge in [-0.15, -0.1) is 0 Å². The van der Waals surface area contributed by atoms with E-state index in [9.17, 15) is 35.1 Å². The maximum absolute atomic E-state index is 11.7. The zero-order valence-electron chi connectivity index (χ0n) is 23.0. The smallest absolute Gasteiger partial charge is 0.386 e. The first-order valence-electron chi connectivity index (χ1n) is 11.6. The van der Waals surface area contributed by atoms with E-state index in [1.165, 1.54) is 11.4 Å². The van der Waals surface area contributed by atoms with Gasteiger partial charge in [0.05, 0.1) is 11.6 Å². The van der Waals surface area contributed by atoms with Crippen LogP contribution >= 0.6 is 0 Å². The summed E-state index contributed by atoms with van der Waals surface area (Å²) in [5, 5.41) is 25.6. The van der Waals surface area contributed by atoms with Gasteiger partial charge in [-0.05, 0) is 40.5 Å². The van der Waals surface area contributed by atoms with Crippen LogP contribution in [0.15, 0.2) is 33.8 Å². The van der Waals surface area contributed by atoms with Crippen LogP contribution in [0, 0.1) is 12.2 Å². The van der Waals surface area contributed by atoms with E-state index < -0.39 is 59.3 Å². The molecule has 2 aromatic rings. The number of nitrogens with one attached hydrogen (secondary N) is 2. The molecule has 0 atom stereocenters. The van der Waals surface area contributed by atoms with E-state index >= 15 is 0 Å². The number of aromatic nitrogens is 6. The second kappa shape index (κ2) is 18.0. The summed E-state index contributed by atoms with van der Waals surface area (Å²) in [6.07, 6.45) is -5.73. The molecule has 2 aliphatic heterocycles. The zero-order valence-corrected chi connectivity index (χ0v) is 24.7. The van der Waals surface area contributed by atoms with E-state index in [1.807, 2.05) is 0 Å². The van der Waals surface area contributed by atoms with Crippen molar-refractivity contribution in [1.82, 2.24) is 41.0 Å². The molecule has 0 radical (unpaired) electrons. The van der Waals surface area contributed by atoms with Crippen molar-refractivity contribution in [3.8, 4) is 0 Å². The Morgan fingerprint density at radius 1 is 0.659 bits per heavy atom. The van der Waals surface area contributed by atoms with Gasteiger partial charge in [-0.1, -0.05) is 12.2 Å². The van der Waals surface area contributed by atoms with Crippen LogP contribution < -0.4 is 20.6 Å². The van der Waals surface area contributed by atoms with Crippen molar-refractivity contribution < 1.29 is 52.0 Å². The standard InChI is InChI=1S/C14H24N4.2C3F4N3.2O2S/c1-13(2,11-7-5-9-15-11)17-18-14(3,4)12-8-6-10-16-12;2*4-2-8-1(9-10-2)3(5,6)7;2*1-3-2/h7-8,15-16H,5-6,9-10H2,1-4H3;;;;/q;2*-1;;. The third kappa shape index (κ3) is 15.0. The summed E-state index contributed by atoms with van der Waals surface area (Å²) >= 11 is -1.50. The molecule has 14 nitrogen and oxygen atoms in total. The summed E-state index contributed by atoms with van der Waals surface area (Å²) in [7, 11) is 0. The van der Waals surface area contributed by atoms with Gasteiger partial charge in [0.2, 0.25) is 0 Å². The van der Waals surface area contributed by atoms with Crippen LogP contribution in [0.5, 0.6) is 0 Å². The Morgan fingerprint density at radius 2 is 0.955 bits per heavy atom. The van der Waals surface area contributed by atoms with Gasteiger partial charge >= 0.3 is 35.5 Å². The largest absolute Gasteiger partial charge is 0.421 e. The summed E-state index contributed by atoms with van der Waals surface area (Å²) in [5.41, 5.74) is 1.87. The highest BCUT2D eigenvalue weighted by Crippen LogP contribution is 2.28. The molecule has 4 rings (SSSR count). The predicted octanol–water partition coefficient (Wildman–Crippen LogP) is 2.59. The fourth-order valence-corrected chi connectivity index (χ4v) is 2.96. The Bertz CT molecular complexity index is 1240. The molecular weight excluding hydrogens is 660 g/mol. The first-order valence-corrected chi connectivity index (χ1v) is 12.9. The summed E-state index contributed by atoms with van der Waals surface area (Å²) < 4.78 is 125. The molecule has 0 bridgehead atoms. The Kier molecular flexibility index (Phi) is 16.4. The fourth-order valence-electron chi connectivity index (χ4n) is 2.96. The molecule has 0 spiro atoms. The van der Waals surface area contributed by atoms with Crippen LogP contribution in [-0.2, 0) is 35.5 Å². The highest BCUT2D eigenvalue weighted by molar-refractivity contribution is 7.51. The monoisotopic (exact) mass is 684 g/mol. The summed E-state index contributed by atoms with van der Waals surface area (Å²) in [6, 6.07) is 0. The molecule has 0 saturated heterocycles. The Labute approximate surface area is 250 Å². The van der Waals surface area contributed by atoms with Crippen molar-refractivity contribution in [2.75, 3.05) is 13.1 Å². The zero-order chi connectivity index (χ0) is 34.2. The number of hydrogen-bond acceptors (Lipinski definition) is 12. The molecule has 0 fully saturated rings. The van der Waals surface area contributed by atoms with E-state index in [2.05, 4.69) is 91.1 Å². The SMILES string of the molecule is CC(C)(N=NC(C)(C)C1=CCCN1)C1=CCCN1.Fc1nnc(C(F)(F)F)[n-]1.Fc1nnc(C(F)(F)F)[n-]1.O=S=O.O=S=O. The summed E-state index contributed by atoms with van der Waals surface area (Å²) in [4.78, 5) is 4.74. The highest BCUT2D eigenvalue weighted by atomic mass is 32.1. The van der Waals surface area contributed by atoms with Gasteiger partial charge in [0.25, 0.3) is 0 Å². The average Bonchev–Trinajstić information content (AvgIpc) is 3.72. The molecule has 24 heteroatoms. The van der Waals surface area contributed by atoms with E-state index in [4.69, 9.17) is 16.8 Å². The summed E-state index contributed by atoms with van der Waals surface area (Å²) in [6.45, 7) is 10.5. The number of rotatable bonds is 4. The predicted molar refractivity (Wildman–Crippen MR) is 133 cm³/mol. The van der Waals surface area contributed by atoms with E-state index in [-0.39, 0.29) is 11.1 Å². The van der Waals surface area contributed by atoms with Crippen molar-refractivity contribution >= 4 is 23.1 Å². The molecule has 0 saturated carbocycles. The molecule has 0 aromatic carbocycles. The molecule has 248 valence electrons. The minimum absolute atomic E-state index is 0.257. The Balaban J connectivity index is 0.000000609. The van der Waals surface area contributed by atoms with Crippen LogP contribution in [0.1, 0.15) is 52.2 Å². The summed E-state index contributed by atoms with van der Waals surface area (Å²) in [5.74, 6) is -3.10. The molecule has 2 aliphatic rings. The second-order valence-corrected chi connectivity index (χ2v) is 9.20. The lowest BCUT2D eigenvalue weighted by atomic mass is 10.0. The Hall–Kier alpha value is -3.96. The minimum Gasteiger partial charge on any atom is -0.386 e. The quantitative estimate of drug-likeness (QED) is 0.353. The van der Waals surface area contributed by atoms with Crippen LogP contribution in [0.2, 0.25) is 0 Å². The first-order chi connectivity index (χ1) is 20.2. The number of nitrogens with zero attached hydrogens (tertiary/aromatic N) is 8. The highest BCUT2D eigenvalue weighted by Gasteiger charge is 2.31. The van der Waals surface area contributed by atoms with E-state index in [0.29, 0.717) is 0 Å². The molecule has 0 aliphatic carbocycles. The minimum atomic E-state index is -4.71. The first kappa shape index (κ1) is 40.0. The van der Waals surface area contributed by atoms with Crippen LogP contribution in [0.4, 0.5) is 35.1 Å². The van der Waals surface area contributed by atoms with E-state index in [0.717, 1.165) is 25.9 Å². The number of azo groups is 1. The van der Waals surface area contributed by atoms with Crippen molar-refractivity contribution in [3.63, 3.8) is 0 Å². The van der Waals surface area contributed by atoms with Crippen LogP contribution in [-0.4, -0.2) is 61.4 Å². The van der Waals surface area contributed by atoms with Gasteiger partial charge in [-0.3, -0.25) is 0 Å². The van der Waals surface area contributed by atoms with Gasteiger partial charge in [0, 0.05) is 24.5 Å².